The van der Waals surface area contributed by atoms with Crippen LogP contribution < -0.4 is 10.6 Å². The number of benzene rings is 1. The van der Waals surface area contributed by atoms with E-state index in [1.165, 1.54) is 5.69 Å². The molecule has 1 heterocycles. The molecule has 0 atom stereocenters. The quantitative estimate of drug-likeness (QED) is 0.789. The molecule has 1 aromatic carbocycles. The van der Waals surface area contributed by atoms with E-state index in [0.29, 0.717) is 0 Å². The van der Waals surface area contributed by atoms with Crippen LogP contribution in [0.2, 0.25) is 0 Å². The van der Waals surface area contributed by atoms with E-state index >= 15 is 0 Å². The minimum absolute atomic E-state index is 0.741. The Hall–Kier alpha value is -1.81. The molecule has 102 valence electrons. The predicted octanol–water partition coefficient (Wildman–Crippen LogP) is 2.13. The zero-order valence-electron chi connectivity index (χ0n) is 11.3. The topological polar surface area (TPSA) is 47.1 Å². The summed E-state index contributed by atoms with van der Waals surface area (Å²) in [6.07, 6.45) is 7.83. The Morgan fingerprint density at radius 2 is 1.89 bits per heavy atom. The lowest BCUT2D eigenvalue weighted by atomic mass is 10.2. The first-order valence-electron chi connectivity index (χ1n) is 6.86. The van der Waals surface area contributed by atoms with Gasteiger partial charge < -0.3 is 15.2 Å². The fraction of sp³-hybridized carbons (Fsp3) is 0.400. The van der Waals surface area contributed by atoms with Gasteiger partial charge >= 0.3 is 0 Å². The molecule has 0 radical (unpaired) electrons. The van der Waals surface area contributed by atoms with E-state index in [-0.39, 0.29) is 0 Å². The Labute approximate surface area is 114 Å². The number of rotatable bonds is 8. The van der Waals surface area contributed by atoms with E-state index in [2.05, 4.69) is 44.8 Å². The third kappa shape index (κ3) is 4.41. The first-order chi connectivity index (χ1) is 9.40. The Balaban J connectivity index is 1.87. The van der Waals surface area contributed by atoms with Gasteiger partial charge in [-0.1, -0.05) is 18.2 Å². The van der Waals surface area contributed by atoms with Gasteiger partial charge in [-0.25, -0.2) is 4.98 Å². The van der Waals surface area contributed by atoms with Crippen molar-refractivity contribution in [1.29, 1.82) is 0 Å². The lowest BCUT2D eigenvalue weighted by Gasteiger charge is -2.24. The highest BCUT2D eigenvalue weighted by molar-refractivity contribution is 5.45. The van der Waals surface area contributed by atoms with E-state index in [4.69, 9.17) is 5.73 Å². The molecule has 2 N–H and O–H groups in total. The maximum absolute atomic E-state index is 5.62. The summed E-state index contributed by atoms with van der Waals surface area (Å²) in [5.74, 6) is 0. The summed E-state index contributed by atoms with van der Waals surface area (Å²) in [4.78, 5) is 6.47. The lowest BCUT2D eigenvalue weighted by molar-refractivity contribution is 0.615. The summed E-state index contributed by atoms with van der Waals surface area (Å²) in [5.41, 5.74) is 6.90. The monoisotopic (exact) mass is 258 g/mol. The van der Waals surface area contributed by atoms with Gasteiger partial charge in [0.25, 0.3) is 0 Å². The standard InChI is InChI=1S/C15H22N4/c16-8-4-11-19(15-6-2-1-3-7-15)12-5-10-18-13-9-17-14-18/h1-3,6-7,9,13-14H,4-5,8,10-12,16H2. The summed E-state index contributed by atoms with van der Waals surface area (Å²) in [7, 11) is 0. The Kier molecular flexibility index (Phi) is 5.44. The molecule has 0 spiro atoms. The fourth-order valence-corrected chi connectivity index (χ4v) is 2.15. The second kappa shape index (κ2) is 7.59. The van der Waals surface area contributed by atoms with Crippen LogP contribution in [0.1, 0.15) is 12.8 Å². The average molecular weight is 258 g/mol. The number of nitrogens with two attached hydrogens (primary N) is 1. The first kappa shape index (κ1) is 13.6. The molecule has 4 nitrogen and oxygen atoms in total. The van der Waals surface area contributed by atoms with Gasteiger partial charge in [0.05, 0.1) is 6.33 Å². The van der Waals surface area contributed by atoms with Gasteiger partial charge in [-0.15, -0.1) is 0 Å². The molecule has 0 aliphatic heterocycles. The minimum Gasteiger partial charge on any atom is -0.371 e. The molecule has 0 aliphatic carbocycles. The van der Waals surface area contributed by atoms with Crippen LogP contribution in [-0.2, 0) is 6.54 Å². The average Bonchev–Trinajstić information content (AvgIpc) is 2.97. The predicted molar refractivity (Wildman–Crippen MR) is 79.2 cm³/mol. The van der Waals surface area contributed by atoms with Gasteiger partial charge in [-0.2, -0.15) is 0 Å². The third-order valence-corrected chi connectivity index (χ3v) is 3.16. The van der Waals surface area contributed by atoms with E-state index in [1.54, 1.807) is 0 Å². The summed E-state index contributed by atoms with van der Waals surface area (Å²) in [5, 5.41) is 0. The molecule has 0 unspecified atom stereocenters. The van der Waals surface area contributed by atoms with Crippen molar-refractivity contribution >= 4 is 5.69 Å². The normalized spacial score (nSPS) is 10.6. The van der Waals surface area contributed by atoms with Crippen LogP contribution in [0.5, 0.6) is 0 Å². The van der Waals surface area contributed by atoms with Crippen LogP contribution in [0.3, 0.4) is 0 Å². The highest BCUT2D eigenvalue weighted by Gasteiger charge is 2.05. The van der Waals surface area contributed by atoms with Crippen molar-refractivity contribution < 1.29 is 0 Å². The minimum atomic E-state index is 0.741. The second-order valence-electron chi connectivity index (χ2n) is 4.62. The van der Waals surface area contributed by atoms with Gasteiger partial charge in [0.15, 0.2) is 0 Å². The number of imidazole rings is 1. The van der Waals surface area contributed by atoms with Crippen LogP contribution >= 0.6 is 0 Å². The molecule has 0 bridgehead atoms. The molecule has 0 aliphatic rings. The number of para-hydroxylation sites is 1. The Morgan fingerprint density at radius 3 is 2.58 bits per heavy atom. The Bertz CT molecular complexity index is 438. The molecule has 0 saturated heterocycles. The molecule has 0 saturated carbocycles. The second-order valence-corrected chi connectivity index (χ2v) is 4.62. The smallest absolute Gasteiger partial charge is 0.0945 e. The zero-order chi connectivity index (χ0) is 13.3. The maximum atomic E-state index is 5.62. The molecule has 2 aromatic rings. The van der Waals surface area contributed by atoms with Gasteiger partial charge in [-0.3, -0.25) is 0 Å². The molecule has 1 aromatic heterocycles. The Morgan fingerprint density at radius 1 is 1.11 bits per heavy atom. The molecule has 0 amide bonds. The van der Waals surface area contributed by atoms with Crippen molar-refractivity contribution in [2.45, 2.75) is 19.4 Å². The van der Waals surface area contributed by atoms with Gasteiger partial charge in [0.2, 0.25) is 0 Å². The number of hydrogen-bond donors (Lipinski definition) is 1. The number of aromatic nitrogens is 2. The van der Waals surface area contributed by atoms with Crippen LogP contribution in [0.4, 0.5) is 5.69 Å². The summed E-state index contributed by atoms with van der Waals surface area (Å²) in [6, 6.07) is 10.5. The largest absolute Gasteiger partial charge is 0.371 e. The highest BCUT2D eigenvalue weighted by atomic mass is 15.1. The van der Waals surface area contributed by atoms with Crippen molar-refractivity contribution in [2.75, 3.05) is 24.5 Å². The number of nitrogens with zero attached hydrogens (tertiary/aromatic N) is 3. The number of hydrogen-bond acceptors (Lipinski definition) is 3. The van der Waals surface area contributed by atoms with Crippen LogP contribution in [0, 0.1) is 0 Å². The maximum Gasteiger partial charge on any atom is 0.0945 e. The van der Waals surface area contributed by atoms with Gasteiger partial charge in [0, 0.05) is 37.7 Å². The SMILES string of the molecule is NCCCN(CCCn1ccnc1)c1ccccc1. The first-order valence-corrected chi connectivity index (χ1v) is 6.86. The number of aryl methyl sites for hydroxylation is 1. The fourth-order valence-electron chi connectivity index (χ4n) is 2.15. The lowest BCUT2D eigenvalue weighted by Crippen LogP contribution is -2.27. The van der Waals surface area contributed by atoms with Gasteiger partial charge in [-0.05, 0) is 31.5 Å². The van der Waals surface area contributed by atoms with E-state index in [1.807, 2.05) is 18.7 Å². The molecular formula is C15H22N4. The van der Waals surface area contributed by atoms with Crippen molar-refractivity contribution in [2.24, 2.45) is 5.73 Å². The summed E-state index contributed by atoms with van der Waals surface area (Å²) in [6.45, 7) is 3.81. The van der Waals surface area contributed by atoms with E-state index < -0.39 is 0 Å². The van der Waals surface area contributed by atoms with Crippen molar-refractivity contribution in [1.82, 2.24) is 9.55 Å². The van der Waals surface area contributed by atoms with Gasteiger partial charge in [0.1, 0.15) is 0 Å². The third-order valence-electron chi connectivity index (χ3n) is 3.16. The van der Waals surface area contributed by atoms with E-state index in [9.17, 15) is 0 Å². The van der Waals surface area contributed by atoms with Crippen LogP contribution in [-0.4, -0.2) is 29.2 Å². The van der Waals surface area contributed by atoms with Crippen molar-refractivity contribution in [3.05, 3.63) is 49.1 Å². The molecular weight excluding hydrogens is 236 g/mol. The van der Waals surface area contributed by atoms with Crippen LogP contribution in [0.25, 0.3) is 0 Å². The number of anilines is 1. The zero-order valence-corrected chi connectivity index (χ0v) is 11.3. The van der Waals surface area contributed by atoms with E-state index in [0.717, 1.165) is 39.0 Å². The van der Waals surface area contributed by atoms with Crippen molar-refractivity contribution in [3.63, 3.8) is 0 Å². The molecule has 2 rings (SSSR count). The summed E-state index contributed by atoms with van der Waals surface area (Å²) < 4.78 is 2.12. The summed E-state index contributed by atoms with van der Waals surface area (Å²) >= 11 is 0. The van der Waals surface area contributed by atoms with Crippen molar-refractivity contribution in [3.8, 4) is 0 Å². The highest BCUT2D eigenvalue weighted by Crippen LogP contribution is 2.14. The molecule has 0 fully saturated rings. The molecule has 19 heavy (non-hydrogen) atoms. The molecule has 4 heteroatoms. The van der Waals surface area contributed by atoms with Crippen LogP contribution in [0.15, 0.2) is 49.1 Å².